The van der Waals surface area contributed by atoms with Crippen LogP contribution in [-0.2, 0) is 14.7 Å². The molecule has 120 valence electrons. The number of hydrogen-bond acceptors (Lipinski definition) is 3. The molecule has 1 unspecified atom stereocenters. The number of hydrogen-bond donors (Lipinski definition) is 0. The highest BCUT2D eigenvalue weighted by atomic mass is 36.0. The fourth-order valence-electron chi connectivity index (χ4n) is 2.58. The molecule has 0 saturated carbocycles. The molecule has 1 aliphatic heterocycles. The van der Waals surface area contributed by atoms with Crippen molar-refractivity contribution in [3.05, 3.63) is 35.6 Å². The highest BCUT2D eigenvalue weighted by molar-refractivity contribution is 8.31. The Labute approximate surface area is 135 Å². The van der Waals surface area contributed by atoms with Crippen LogP contribution in [0.15, 0.2) is 24.3 Å². The Morgan fingerprint density at radius 2 is 1.95 bits per heavy atom. The van der Waals surface area contributed by atoms with Crippen molar-refractivity contribution in [2.45, 2.75) is 26.2 Å². The van der Waals surface area contributed by atoms with Crippen molar-refractivity contribution >= 4 is 29.6 Å². The van der Waals surface area contributed by atoms with Gasteiger partial charge in [0.1, 0.15) is 5.82 Å². The van der Waals surface area contributed by atoms with E-state index in [1.165, 1.54) is 19.4 Å². The van der Waals surface area contributed by atoms with Gasteiger partial charge in [-0.3, -0.25) is 0 Å². The SMILES string of the molecule is CCN1CCCC(Cc2ccccc2F)C1.O=S(=O)(Cl)Cl. The molecule has 0 bridgehead atoms. The fourth-order valence-corrected chi connectivity index (χ4v) is 2.58. The molecule has 7 heteroatoms. The third-order valence-electron chi connectivity index (χ3n) is 3.52. The van der Waals surface area contributed by atoms with Crippen LogP contribution in [0.4, 0.5) is 4.39 Å². The average Bonchev–Trinajstić information content (AvgIpc) is 2.40. The van der Waals surface area contributed by atoms with Crippen LogP contribution in [-0.4, -0.2) is 33.0 Å². The minimum absolute atomic E-state index is 0.0453. The Hall–Kier alpha value is -0.360. The van der Waals surface area contributed by atoms with Crippen molar-refractivity contribution in [3.63, 3.8) is 0 Å². The first-order chi connectivity index (χ1) is 9.79. The molecule has 1 atom stereocenters. The molecule has 1 aliphatic rings. The lowest BCUT2D eigenvalue weighted by molar-refractivity contribution is 0.181. The van der Waals surface area contributed by atoms with Crippen molar-refractivity contribution in [2.24, 2.45) is 5.92 Å². The summed E-state index contributed by atoms with van der Waals surface area (Å²) in [5.74, 6) is 0.585. The van der Waals surface area contributed by atoms with Crippen LogP contribution >= 0.6 is 21.4 Å². The Morgan fingerprint density at radius 3 is 2.52 bits per heavy atom. The first-order valence-electron chi connectivity index (χ1n) is 6.89. The van der Waals surface area contributed by atoms with Gasteiger partial charge in [0.25, 0.3) is 0 Å². The highest BCUT2D eigenvalue weighted by Gasteiger charge is 2.19. The van der Waals surface area contributed by atoms with Crippen LogP contribution in [0.25, 0.3) is 0 Å². The van der Waals surface area contributed by atoms with E-state index in [2.05, 4.69) is 33.2 Å². The van der Waals surface area contributed by atoms with Crippen molar-refractivity contribution in [1.29, 1.82) is 0 Å². The van der Waals surface area contributed by atoms with Gasteiger partial charge in [0.2, 0.25) is 0 Å². The lowest BCUT2D eigenvalue weighted by Crippen LogP contribution is -2.36. The highest BCUT2D eigenvalue weighted by Crippen LogP contribution is 2.21. The molecule has 1 aromatic carbocycles. The van der Waals surface area contributed by atoms with E-state index >= 15 is 0 Å². The maximum Gasteiger partial charge on any atom is 0.317 e. The maximum atomic E-state index is 13.5. The molecule has 0 N–H and O–H groups in total. The molecule has 1 fully saturated rings. The predicted molar refractivity (Wildman–Crippen MR) is 85.6 cm³/mol. The number of piperidine rings is 1. The monoisotopic (exact) mass is 355 g/mol. The van der Waals surface area contributed by atoms with Gasteiger partial charge in [-0.15, -0.1) is 0 Å². The molecule has 1 heterocycles. The molecule has 21 heavy (non-hydrogen) atoms. The van der Waals surface area contributed by atoms with Gasteiger partial charge in [0.15, 0.2) is 0 Å². The van der Waals surface area contributed by atoms with Gasteiger partial charge in [0, 0.05) is 27.9 Å². The van der Waals surface area contributed by atoms with Crippen molar-refractivity contribution in [2.75, 3.05) is 19.6 Å². The normalized spacial score (nSPS) is 19.7. The molecule has 0 radical (unpaired) electrons. The fraction of sp³-hybridized carbons (Fsp3) is 0.571. The van der Waals surface area contributed by atoms with Crippen LogP contribution in [0.3, 0.4) is 0 Å². The minimum Gasteiger partial charge on any atom is -0.303 e. The van der Waals surface area contributed by atoms with Gasteiger partial charge in [-0.2, -0.15) is 8.42 Å². The van der Waals surface area contributed by atoms with Crippen LogP contribution in [0, 0.1) is 11.7 Å². The van der Waals surface area contributed by atoms with Gasteiger partial charge in [0.05, 0.1) is 0 Å². The van der Waals surface area contributed by atoms with Crippen molar-refractivity contribution in [3.8, 4) is 0 Å². The first kappa shape index (κ1) is 18.7. The molecule has 1 aromatic rings. The summed E-state index contributed by atoms with van der Waals surface area (Å²) in [4.78, 5) is 2.47. The molecule has 0 aliphatic carbocycles. The predicted octanol–water partition coefficient (Wildman–Crippen LogP) is 3.81. The van der Waals surface area contributed by atoms with E-state index in [0.29, 0.717) is 5.92 Å². The number of halogens is 3. The van der Waals surface area contributed by atoms with Crippen LogP contribution in [0.2, 0.25) is 0 Å². The van der Waals surface area contributed by atoms with Gasteiger partial charge in [-0.05, 0) is 49.9 Å². The third-order valence-corrected chi connectivity index (χ3v) is 3.52. The van der Waals surface area contributed by atoms with E-state index in [1.54, 1.807) is 12.1 Å². The Morgan fingerprint density at radius 1 is 1.33 bits per heavy atom. The summed E-state index contributed by atoms with van der Waals surface area (Å²) < 4.78 is 31.8. The Kier molecular flexibility index (Phi) is 7.95. The summed E-state index contributed by atoms with van der Waals surface area (Å²) in [5.41, 5.74) is 0.880. The molecular weight excluding hydrogens is 336 g/mol. The van der Waals surface area contributed by atoms with E-state index in [9.17, 15) is 4.39 Å². The molecule has 0 aromatic heterocycles. The number of benzene rings is 1. The summed E-state index contributed by atoms with van der Waals surface area (Å²) in [6.45, 7) is 5.66. The maximum absolute atomic E-state index is 13.5. The second kappa shape index (κ2) is 8.93. The van der Waals surface area contributed by atoms with E-state index in [1.807, 2.05) is 12.1 Å². The zero-order chi connectivity index (χ0) is 15.9. The lowest BCUT2D eigenvalue weighted by atomic mass is 9.91. The molecule has 2 rings (SSSR count). The summed E-state index contributed by atoms with van der Waals surface area (Å²) in [6, 6.07) is 7.17. The first-order valence-corrected chi connectivity index (χ1v) is 10.0. The van der Waals surface area contributed by atoms with E-state index in [0.717, 1.165) is 25.1 Å². The average molecular weight is 356 g/mol. The van der Waals surface area contributed by atoms with Crippen LogP contribution in [0.1, 0.15) is 25.3 Å². The quantitative estimate of drug-likeness (QED) is 0.773. The Bertz CT molecular complexity index is 532. The molecule has 0 spiro atoms. The second-order valence-corrected chi connectivity index (χ2v) is 8.74. The number of nitrogens with zero attached hydrogens (tertiary/aromatic N) is 1. The van der Waals surface area contributed by atoms with Crippen LogP contribution < -0.4 is 0 Å². The Balaban J connectivity index is 0.000000383. The van der Waals surface area contributed by atoms with Crippen molar-refractivity contribution < 1.29 is 12.8 Å². The molecule has 1 saturated heterocycles. The number of rotatable bonds is 3. The van der Waals surface area contributed by atoms with E-state index in [-0.39, 0.29) is 5.82 Å². The minimum atomic E-state index is -3.72. The summed E-state index contributed by atoms with van der Waals surface area (Å²) in [6.07, 6.45) is 3.39. The molecular formula is C14H20Cl2FNO2S. The third kappa shape index (κ3) is 8.61. The summed E-state index contributed by atoms with van der Waals surface area (Å²) >= 11 is 0. The van der Waals surface area contributed by atoms with Crippen molar-refractivity contribution in [1.82, 2.24) is 4.90 Å². The second-order valence-electron chi connectivity index (χ2n) is 5.08. The molecule has 0 amide bonds. The van der Waals surface area contributed by atoms with Gasteiger partial charge >= 0.3 is 8.26 Å². The summed E-state index contributed by atoms with van der Waals surface area (Å²) in [7, 11) is 4.81. The lowest BCUT2D eigenvalue weighted by Gasteiger charge is -2.31. The largest absolute Gasteiger partial charge is 0.317 e. The standard InChI is InChI=1S/C14H20FN.Cl2O2S/c1-2-16-9-5-6-12(11-16)10-13-7-3-4-8-14(13)15;1-5(2,3)4/h3-4,7-8,12H,2,5-6,9-11H2,1H3;. The van der Waals surface area contributed by atoms with E-state index in [4.69, 9.17) is 8.42 Å². The summed E-state index contributed by atoms with van der Waals surface area (Å²) in [5, 5.41) is 0. The van der Waals surface area contributed by atoms with Gasteiger partial charge in [-0.1, -0.05) is 25.1 Å². The molecule has 3 nitrogen and oxygen atoms in total. The number of likely N-dealkylation sites (tertiary alicyclic amines) is 1. The van der Waals surface area contributed by atoms with Gasteiger partial charge in [-0.25, -0.2) is 4.39 Å². The van der Waals surface area contributed by atoms with E-state index < -0.39 is 8.26 Å². The zero-order valence-electron chi connectivity index (χ0n) is 11.9. The smallest absolute Gasteiger partial charge is 0.303 e. The van der Waals surface area contributed by atoms with Crippen LogP contribution in [0.5, 0.6) is 0 Å². The topological polar surface area (TPSA) is 37.4 Å². The zero-order valence-corrected chi connectivity index (χ0v) is 14.3. The van der Waals surface area contributed by atoms with Gasteiger partial charge < -0.3 is 4.90 Å².